The number of hydrogen-bond donors (Lipinski definition) is 0. The summed E-state index contributed by atoms with van der Waals surface area (Å²) in [6, 6.07) is 12.1. The Labute approximate surface area is 91.4 Å². The zero-order valence-electron chi connectivity index (χ0n) is 9.22. The van der Waals surface area contributed by atoms with Gasteiger partial charge in [-0.15, -0.1) is 6.58 Å². The quantitative estimate of drug-likeness (QED) is 0.698. The van der Waals surface area contributed by atoms with Gasteiger partial charge in [-0.05, 0) is 19.7 Å². The molecule has 78 valence electrons. The largest absolute Gasteiger partial charge is 0.293 e. The molecule has 0 aliphatic carbocycles. The van der Waals surface area contributed by atoms with Gasteiger partial charge in [-0.3, -0.25) is 4.90 Å². The molecule has 0 aromatic heterocycles. The Morgan fingerprint density at radius 1 is 1.33 bits per heavy atom. The SMILES string of the molecule is C=CC(c1ccccc1)C(C#N)N(C)C. The zero-order chi connectivity index (χ0) is 11.3. The molecule has 2 atom stereocenters. The average molecular weight is 200 g/mol. The maximum atomic E-state index is 9.12. The van der Waals surface area contributed by atoms with Gasteiger partial charge in [0.15, 0.2) is 0 Å². The molecule has 0 saturated heterocycles. The van der Waals surface area contributed by atoms with Crippen molar-refractivity contribution in [1.29, 1.82) is 5.26 Å². The van der Waals surface area contributed by atoms with Crippen LogP contribution in [0, 0.1) is 11.3 Å². The van der Waals surface area contributed by atoms with E-state index >= 15 is 0 Å². The van der Waals surface area contributed by atoms with Crippen LogP contribution < -0.4 is 0 Å². The molecule has 2 nitrogen and oxygen atoms in total. The van der Waals surface area contributed by atoms with Gasteiger partial charge in [0.2, 0.25) is 0 Å². The molecular formula is C13H16N2. The van der Waals surface area contributed by atoms with Crippen LogP contribution in [0.5, 0.6) is 0 Å². The first kappa shape index (κ1) is 11.5. The molecule has 0 amide bonds. The fourth-order valence-corrected chi connectivity index (χ4v) is 1.64. The molecule has 1 aromatic rings. The minimum atomic E-state index is -0.162. The van der Waals surface area contributed by atoms with Crippen LogP contribution in [0.3, 0.4) is 0 Å². The van der Waals surface area contributed by atoms with Crippen molar-refractivity contribution >= 4 is 0 Å². The molecule has 0 N–H and O–H groups in total. The summed E-state index contributed by atoms with van der Waals surface area (Å²) in [6.45, 7) is 3.81. The summed E-state index contributed by atoms with van der Waals surface area (Å²) in [5, 5.41) is 9.12. The minimum absolute atomic E-state index is 0.0613. The molecule has 1 aromatic carbocycles. The topological polar surface area (TPSA) is 27.0 Å². The smallest absolute Gasteiger partial charge is 0.108 e. The summed E-state index contributed by atoms with van der Waals surface area (Å²) in [5.41, 5.74) is 1.13. The highest BCUT2D eigenvalue weighted by Gasteiger charge is 2.21. The lowest BCUT2D eigenvalue weighted by molar-refractivity contribution is 0.329. The van der Waals surface area contributed by atoms with Gasteiger partial charge < -0.3 is 0 Å². The van der Waals surface area contributed by atoms with Crippen molar-refractivity contribution in [1.82, 2.24) is 4.90 Å². The molecule has 0 heterocycles. The first-order chi connectivity index (χ1) is 7.20. The van der Waals surface area contributed by atoms with Crippen molar-refractivity contribution in [3.8, 4) is 6.07 Å². The van der Waals surface area contributed by atoms with Crippen molar-refractivity contribution in [2.24, 2.45) is 0 Å². The third-order valence-corrected chi connectivity index (χ3v) is 2.47. The lowest BCUT2D eigenvalue weighted by atomic mass is 9.92. The molecule has 0 spiro atoms. The Morgan fingerprint density at radius 2 is 1.93 bits per heavy atom. The van der Waals surface area contributed by atoms with Crippen molar-refractivity contribution in [2.45, 2.75) is 12.0 Å². The normalized spacial score (nSPS) is 14.3. The van der Waals surface area contributed by atoms with Crippen LogP contribution in [0.25, 0.3) is 0 Å². The Bertz CT molecular complexity index is 349. The molecule has 0 aliphatic rings. The van der Waals surface area contributed by atoms with E-state index in [-0.39, 0.29) is 12.0 Å². The van der Waals surface area contributed by atoms with E-state index in [4.69, 9.17) is 5.26 Å². The van der Waals surface area contributed by atoms with Crippen molar-refractivity contribution in [3.05, 3.63) is 48.6 Å². The first-order valence-electron chi connectivity index (χ1n) is 4.94. The predicted octanol–water partition coefficient (Wildman–Crippen LogP) is 2.41. The lowest BCUT2D eigenvalue weighted by Gasteiger charge is -2.24. The van der Waals surface area contributed by atoms with Crippen LogP contribution in [0.15, 0.2) is 43.0 Å². The van der Waals surface area contributed by atoms with Gasteiger partial charge in [0.05, 0.1) is 6.07 Å². The molecule has 2 heteroatoms. The second-order valence-corrected chi connectivity index (χ2v) is 3.71. The lowest BCUT2D eigenvalue weighted by Crippen LogP contribution is -2.31. The van der Waals surface area contributed by atoms with E-state index in [9.17, 15) is 0 Å². The molecule has 0 radical (unpaired) electrons. The second kappa shape index (κ2) is 5.33. The molecule has 15 heavy (non-hydrogen) atoms. The molecule has 2 unspecified atom stereocenters. The van der Waals surface area contributed by atoms with E-state index in [1.165, 1.54) is 0 Å². The standard InChI is InChI=1S/C13H16N2/c1-4-12(13(10-14)15(2)3)11-8-6-5-7-9-11/h4-9,12-13H,1H2,2-3H3. The number of nitrogens with zero attached hydrogens (tertiary/aromatic N) is 2. The number of likely N-dealkylation sites (N-methyl/N-ethyl adjacent to an activating group) is 1. The van der Waals surface area contributed by atoms with Crippen LogP contribution in [-0.2, 0) is 0 Å². The van der Waals surface area contributed by atoms with E-state index in [0.717, 1.165) is 5.56 Å². The van der Waals surface area contributed by atoms with E-state index < -0.39 is 0 Å². The molecule has 0 fully saturated rings. The highest BCUT2D eigenvalue weighted by atomic mass is 15.1. The van der Waals surface area contributed by atoms with Gasteiger partial charge in [0, 0.05) is 5.92 Å². The Hall–Kier alpha value is -1.59. The van der Waals surface area contributed by atoms with Crippen molar-refractivity contribution in [2.75, 3.05) is 14.1 Å². The molecule has 1 rings (SSSR count). The third kappa shape index (κ3) is 2.68. The van der Waals surface area contributed by atoms with E-state index in [0.29, 0.717) is 0 Å². The fraction of sp³-hybridized carbons (Fsp3) is 0.308. The molecule has 0 saturated carbocycles. The monoisotopic (exact) mass is 200 g/mol. The Morgan fingerprint density at radius 3 is 2.33 bits per heavy atom. The third-order valence-electron chi connectivity index (χ3n) is 2.47. The summed E-state index contributed by atoms with van der Waals surface area (Å²) in [4.78, 5) is 1.92. The van der Waals surface area contributed by atoms with Gasteiger partial charge in [-0.1, -0.05) is 36.4 Å². The summed E-state index contributed by atoms with van der Waals surface area (Å²) in [6.07, 6.45) is 1.84. The van der Waals surface area contributed by atoms with Gasteiger partial charge in [0.1, 0.15) is 6.04 Å². The van der Waals surface area contributed by atoms with Gasteiger partial charge in [-0.25, -0.2) is 0 Å². The number of benzene rings is 1. The summed E-state index contributed by atoms with van der Waals surface area (Å²) < 4.78 is 0. The van der Waals surface area contributed by atoms with Gasteiger partial charge >= 0.3 is 0 Å². The summed E-state index contributed by atoms with van der Waals surface area (Å²) >= 11 is 0. The van der Waals surface area contributed by atoms with Crippen LogP contribution in [0.1, 0.15) is 11.5 Å². The van der Waals surface area contributed by atoms with Crippen LogP contribution in [-0.4, -0.2) is 25.0 Å². The highest BCUT2D eigenvalue weighted by Crippen LogP contribution is 2.22. The van der Waals surface area contributed by atoms with Crippen molar-refractivity contribution in [3.63, 3.8) is 0 Å². The van der Waals surface area contributed by atoms with Gasteiger partial charge in [0.25, 0.3) is 0 Å². The Balaban J connectivity index is 2.99. The van der Waals surface area contributed by atoms with E-state index in [1.807, 2.05) is 55.4 Å². The minimum Gasteiger partial charge on any atom is -0.293 e. The van der Waals surface area contributed by atoms with Gasteiger partial charge in [-0.2, -0.15) is 5.26 Å². The fourth-order valence-electron chi connectivity index (χ4n) is 1.64. The van der Waals surface area contributed by atoms with E-state index in [1.54, 1.807) is 0 Å². The maximum Gasteiger partial charge on any atom is 0.108 e. The predicted molar refractivity (Wildman–Crippen MR) is 62.5 cm³/mol. The number of rotatable bonds is 4. The highest BCUT2D eigenvalue weighted by molar-refractivity contribution is 5.27. The summed E-state index contributed by atoms with van der Waals surface area (Å²) in [7, 11) is 3.82. The van der Waals surface area contributed by atoms with Crippen LogP contribution >= 0.6 is 0 Å². The van der Waals surface area contributed by atoms with Crippen molar-refractivity contribution < 1.29 is 0 Å². The molecule has 0 aliphatic heterocycles. The van der Waals surface area contributed by atoms with E-state index in [2.05, 4.69) is 12.6 Å². The average Bonchev–Trinajstić information content (AvgIpc) is 2.26. The molecular weight excluding hydrogens is 184 g/mol. The van der Waals surface area contributed by atoms with Crippen LogP contribution in [0.4, 0.5) is 0 Å². The maximum absolute atomic E-state index is 9.12. The second-order valence-electron chi connectivity index (χ2n) is 3.71. The summed E-state index contributed by atoms with van der Waals surface area (Å²) in [5.74, 6) is 0.0613. The number of hydrogen-bond acceptors (Lipinski definition) is 2. The number of nitriles is 1. The van der Waals surface area contributed by atoms with Crippen LogP contribution in [0.2, 0.25) is 0 Å². The first-order valence-corrected chi connectivity index (χ1v) is 4.94. The Kier molecular flexibility index (Phi) is 4.08. The molecule has 0 bridgehead atoms. The zero-order valence-corrected chi connectivity index (χ0v) is 9.22.